The highest BCUT2D eigenvalue weighted by atomic mass is 32.2. The molecule has 4 rings (SSSR count). The Hall–Kier alpha value is -2.68. The van der Waals surface area contributed by atoms with Crippen LogP contribution in [0.3, 0.4) is 0 Å². The first-order valence-electron chi connectivity index (χ1n) is 10.1. The number of ether oxygens (including phenoxy) is 1. The number of carbonyl (C=O) groups excluding carboxylic acids is 2. The van der Waals surface area contributed by atoms with Gasteiger partial charge < -0.3 is 15.0 Å². The molecule has 1 fully saturated rings. The standard InChI is InChI=1S/C23H23N3O3S2/c27-19(15-30-16-20(28)26-11-13-29-14-12-26)24-23-25-21(17-7-3-1-4-8-17)22(31-23)18-9-5-2-6-10-18/h1-10H,11-16H2,(H,24,25,27). The summed E-state index contributed by atoms with van der Waals surface area (Å²) >= 11 is 2.78. The lowest BCUT2D eigenvalue weighted by Crippen LogP contribution is -2.41. The van der Waals surface area contributed by atoms with E-state index in [1.807, 2.05) is 60.7 Å². The fourth-order valence-corrected chi connectivity index (χ4v) is 4.97. The average Bonchev–Trinajstić information content (AvgIpc) is 3.24. The Bertz CT molecular complexity index is 962. The minimum atomic E-state index is -0.159. The fraction of sp³-hybridized carbons (Fsp3) is 0.261. The van der Waals surface area contributed by atoms with Crippen LogP contribution in [0.2, 0.25) is 0 Å². The predicted molar refractivity (Wildman–Crippen MR) is 126 cm³/mol. The Morgan fingerprint density at radius 2 is 1.61 bits per heavy atom. The van der Waals surface area contributed by atoms with E-state index in [1.165, 1.54) is 23.1 Å². The highest BCUT2D eigenvalue weighted by Gasteiger charge is 2.18. The number of carbonyl (C=O) groups is 2. The summed E-state index contributed by atoms with van der Waals surface area (Å²) in [6.45, 7) is 2.40. The zero-order chi connectivity index (χ0) is 21.5. The number of hydrogen-bond acceptors (Lipinski definition) is 6. The van der Waals surface area contributed by atoms with Gasteiger partial charge in [0.05, 0.1) is 35.3 Å². The molecule has 0 saturated carbocycles. The number of amides is 2. The number of nitrogens with zero attached hydrogens (tertiary/aromatic N) is 2. The Morgan fingerprint density at radius 1 is 0.968 bits per heavy atom. The molecule has 1 saturated heterocycles. The van der Waals surface area contributed by atoms with Crippen LogP contribution in [-0.4, -0.2) is 59.5 Å². The SMILES string of the molecule is O=C(CSCC(=O)N1CCOCC1)Nc1nc(-c2ccccc2)c(-c2ccccc2)s1. The van der Waals surface area contributed by atoms with Gasteiger partial charge in [0.1, 0.15) is 0 Å². The van der Waals surface area contributed by atoms with Gasteiger partial charge in [0.25, 0.3) is 0 Å². The smallest absolute Gasteiger partial charge is 0.236 e. The summed E-state index contributed by atoms with van der Waals surface area (Å²) in [4.78, 5) is 32.2. The van der Waals surface area contributed by atoms with Crippen molar-refractivity contribution in [1.29, 1.82) is 0 Å². The third-order valence-corrected chi connectivity index (χ3v) is 6.72. The molecule has 3 aromatic rings. The van der Waals surface area contributed by atoms with E-state index in [0.717, 1.165) is 21.7 Å². The van der Waals surface area contributed by atoms with E-state index in [9.17, 15) is 9.59 Å². The molecule has 0 spiro atoms. The summed E-state index contributed by atoms with van der Waals surface area (Å²) in [7, 11) is 0. The molecule has 6 nitrogen and oxygen atoms in total. The topological polar surface area (TPSA) is 71.5 Å². The number of hydrogen-bond donors (Lipinski definition) is 1. The third-order valence-electron chi connectivity index (χ3n) is 4.78. The normalized spacial score (nSPS) is 13.7. The van der Waals surface area contributed by atoms with Gasteiger partial charge in [-0.15, -0.1) is 11.8 Å². The lowest BCUT2D eigenvalue weighted by molar-refractivity contribution is -0.132. The molecule has 160 valence electrons. The van der Waals surface area contributed by atoms with E-state index in [0.29, 0.717) is 31.4 Å². The quantitative estimate of drug-likeness (QED) is 0.585. The van der Waals surface area contributed by atoms with Crippen LogP contribution >= 0.6 is 23.1 Å². The van der Waals surface area contributed by atoms with Crippen molar-refractivity contribution in [2.24, 2.45) is 0 Å². The monoisotopic (exact) mass is 453 g/mol. The van der Waals surface area contributed by atoms with Gasteiger partial charge in [0.2, 0.25) is 11.8 Å². The fourth-order valence-electron chi connectivity index (χ4n) is 3.24. The van der Waals surface area contributed by atoms with E-state index in [1.54, 1.807) is 4.90 Å². The number of anilines is 1. The lowest BCUT2D eigenvalue weighted by Gasteiger charge is -2.26. The van der Waals surface area contributed by atoms with Crippen LogP contribution in [0.5, 0.6) is 0 Å². The van der Waals surface area contributed by atoms with E-state index in [2.05, 4.69) is 5.32 Å². The third kappa shape index (κ3) is 5.72. The summed E-state index contributed by atoms with van der Waals surface area (Å²) in [5.41, 5.74) is 2.91. The number of thioether (sulfide) groups is 1. The van der Waals surface area contributed by atoms with Crippen LogP contribution in [0.4, 0.5) is 5.13 Å². The van der Waals surface area contributed by atoms with E-state index in [-0.39, 0.29) is 23.3 Å². The van der Waals surface area contributed by atoms with Crippen molar-refractivity contribution in [3.05, 3.63) is 60.7 Å². The zero-order valence-electron chi connectivity index (χ0n) is 17.0. The largest absolute Gasteiger partial charge is 0.378 e. The molecule has 2 heterocycles. The molecule has 2 amide bonds. The van der Waals surface area contributed by atoms with Gasteiger partial charge in [-0.3, -0.25) is 9.59 Å². The van der Waals surface area contributed by atoms with Gasteiger partial charge in [0, 0.05) is 18.7 Å². The summed E-state index contributed by atoms with van der Waals surface area (Å²) in [6.07, 6.45) is 0. The van der Waals surface area contributed by atoms with Crippen molar-refractivity contribution >= 4 is 40.0 Å². The van der Waals surface area contributed by atoms with Gasteiger partial charge in [-0.1, -0.05) is 72.0 Å². The van der Waals surface area contributed by atoms with Crippen molar-refractivity contribution in [3.8, 4) is 21.7 Å². The predicted octanol–water partition coefficient (Wildman–Crippen LogP) is 4.01. The molecule has 8 heteroatoms. The van der Waals surface area contributed by atoms with Gasteiger partial charge in [0.15, 0.2) is 5.13 Å². The molecule has 0 aliphatic carbocycles. The number of aromatic nitrogens is 1. The summed E-state index contributed by atoms with van der Waals surface area (Å²) in [5.74, 6) is 0.383. The lowest BCUT2D eigenvalue weighted by atomic mass is 10.1. The van der Waals surface area contributed by atoms with Crippen LogP contribution in [0, 0.1) is 0 Å². The van der Waals surface area contributed by atoms with Gasteiger partial charge in [-0.05, 0) is 5.56 Å². The summed E-state index contributed by atoms with van der Waals surface area (Å²) in [5, 5.41) is 3.46. The molecule has 0 radical (unpaired) electrons. The number of thiazole rings is 1. The van der Waals surface area contributed by atoms with Crippen LogP contribution in [0.25, 0.3) is 21.7 Å². The second-order valence-corrected chi connectivity index (χ2v) is 8.95. The van der Waals surface area contributed by atoms with Gasteiger partial charge in [-0.2, -0.15) is 0 Å². The van der Waals surface area contributed by atoms with Crippen LogP contribution in [0.15, 0.2) is 60.7 Å². The maximum Gasteiger partial charge on any atom is 0.236 e. The Kier molecular flexibility index (Phi) is 7.35. The maximum atomic E-state index is 12.5. The van der Waals surface area contributed by atoms with Crippen LogP contribution < -0.4 is 5.32 Å². The molecule has 0 bridgehead atoms. The van der Waals surface area contributed by atoms with Crippen molar-refractivity contribution in [1.82, 2.24) is 9.88 Å². The van der Waals surface area contributed by atoms with Gasteiger partial charge in [-0.25, -0.2) is 4.98 Å². The molecular weight excluding hydrogens is 430 g/mol. The molecule has 1 aliphatic heterocycles. The minimum absolute atomic E-state index is 0.0491. The molecule has 1 aromatic heterocycles. The summed E-state index contributed by atoms with van der Waals surface area (Å²) < 4.78 is 5.26. The first-order valence-corrected chi connectivity index (χ1v) is 12.0. The summed E-state index contributed by atoms with van der Waals surface area (Å²) in [6, 6.07) is 20.0. The first kappa shape index (κ1) is 21.5. The van der Waals surface area contributed by atoms with E-state index in [4.69, 9.17) is 9.72 Å². The average molecular weight is 454 g/mol. The van der Waals surface area contributed by atoms with Gasteiger partial charge >= 0.3 is 0 Å². The molecule has 1 N–H and O–H groups in total. The van der Waals surface area contributed by atoms with Crippen molar-refractivity contribution in [2.45, 2.75) is 0 Å². The second kappa shape index (κ2) is 10.6. The minimum Gasteiger partial charge on any atom is -0.378 e. The zero-order valence-corrected chi connectivity index (χ0v) is 18.6. The molecule has 31 heavy (non-hydrogen) atoms. The first-order chi connectivity index (χ1) is 15.2. The van der Waals surface area contributed by atoms with Crippen molar-refractivity contribution in [3.63, 3.8) is 0 Å². The second-order valence-electron chi connectivity index (χ2n) is 6.96. The van der Waals surface area contributed by atoms with Crippen molar-refractivity contribution < 1.29 is 14.3 Å². The number of rotatable bonds is 7. The molecule has 2 aromatic carbocycles. The number of benzene rings is 2. The molecule has 1 aliphatic rings. The highest BCUT2D eigenvalue weighted by molar-refractivity contribution is 8.00. The number of morpholine rings is 1. The Morgan fingerprint density at radius 3 is 2.29 bits per heavy atom. The molecule has 0 unspecified atom stereocenters. The Balaban J connectivity index is 1.40. The van der Waals surface area contributed by atoms with Crippen molar-refractivity contribution in [2.75, 3.05) is 43.1 Å². The van der Waals surface area contributed by atoms with E-state index >= 15 is 0 Å². The number of nitrogens with one attached hydrogen (secondary N) is 1. The highest BCUT2D eigenvalue weighted by Crippen LogP contribution is 2.38. The van der Waals surface area contributed by atoms with Crippen LogP contribution in [0.1, 0.15) is 0 Å². The van der Waals surface area contributed by atoms with E-state index < -0.39 is 0 Å². The maximum absolute atomic E-state index is 12.5. The molecular formula is C23H23N3O3S2. The molecule has 0 atom stereocenters. The Labute approximate surface area is 189 Å². The van der Waals surface area contributed by atoms with Crippen LogP contribution in [-0.2, 0) is 14.3 Å².